The van der Waals surface area contributed by atoms with E-state index >= 15 is 0 Å². The molecule has 1 aliphatic heterocycles. The average Bonchev–Trinajstić information content (AvgIpc) is 1.80. The van der Waals surface area contributed by atoms with Gasteiger partial charge in [0.15, 0.2) is 8.07 Å². The molecule has 0 atom stereocenters. The number of hydrogen-bond donors (Lipinski definition) is 0. The Hall–Kier alpha value is -10.6. The maximum atomic E-state index is 6.32. The van der Waals surface area contributed by atoms with Crippen molar-refractivity contribution >= 4 is 94.1 Å². The molecule has 0 aliphatic carbocycles. The van der Waals surface area contributed by atoms with Crippen LogP contribution in [0.5, 0.6) is 0 Å². The summed E-state index contributed by atoms with van der Waals surface area (Å²) in [6.45, 7) is 0. The van der Waals surface area contributed by atoms with Crippen molar-refractivity contribution in [1.29, 1.82) is 0 Å². The minimum Gasteiger partial charge on any atom is -0.456 e. The standard InChI is InChI=1S/C80H51NOSi/c1-3-19-63(20-4-1)83(64-21-5-2-6-22-64)79-50-61(60-40-46-78-74(49-60)69-25-11-12-28-77(69)82-78)37-42-70(79)71-43-41-62(51-80(71)83)81-75-44-38-58(52-29-33-56(34-30-52)67-26-13-17-54-15-7-9-23-65(54)67)47-72(75)73-48-59(39-45-76(73)81)53-31-35-57(36-32-53)68-27-14-18-55-16-8-10-24-66(55)68/h1-51H. The van der Waals surface area contributed by atoms with Crippen LogP contribution in [0, 0.1) is 0 Å². The van der Waals surface area contributed by atoms with Crippen LogP contribution in [0.3, 0.4) is 0 Å². The predicted octanol–water partition coefficient (Wildman–Crippen LogP) is 18.7. The Morgan fingerprint density at radius 1 is 0.241 bits per heavy atom. The second kappa shape index (κ2) is 18.8. The molecule has 3 heteroatoms. The molecule has 0 N–H and O–H groups in total. The summed E-state index contributed by atoms with van der Waals surface area (Å²) in [6, 6.07) is 115. The van der Waals surface area contributed by atoms with Crippen LogP contribution in [-0.2, 0) is 0 Å². The van der Waals surface area contributed by atoms with Crippen molar-refractivity contribution in [2.75, 3.05) is 0 Å². The van der Waals surface area contributed by atoms with E-state index in [1.807, 2.05) is 6.07 Å². The molecule has 0 spiro atoms. The molecule has 0 bridgehead atoms. The zero-order valence-corrected chi connectivity index (χ0v) is 46.3. The zero-order valence-electron chi connectivity index (χ0n) is 45.3. The Balaban J connectivity index is 0.846. The maximum Gasteiger partial charge on any atom is 0.180 e. The van der Waals surface area contributed by atoms with Crippen molar-refractivity contribution in [3.63, 3.8) is 0 Å². The fraction of sp³-hybridized carbons (Fsp3) is 0. The third-order valence-corrected chi connectivity index (χ3v) is 22.7. The summed E-state index contributed by atoms with van der Waals surface area (Å²) in [5.74, 6) is 0. The Labute approximate surface area is 482 Å². The van der Waals surface area contributed by atoms with E-state index in [1.54, 1.807) is 0 Å². The highest BCUT2D eigenvalue weighted by atomic mass is 28.3. The van der Waals surface area contributed by atoms with Gasteiger partial charge in [-0.2, -0.15) is 0 Å². The van der Waals surface area contributed by atoms with Crippen LogP contribution < -0.4 is 20.7 Å². The van der Waals surface area contributed by atoms with Crippen molar-refractivity contribution in [1.82, 2.24) is 4.57 Å². The van der Waals surface area contributed by atoms with E-state index in [2.05, 4.69) is 308 Å². The van der Waals surface area contributed by atoms with E-state index in [1.165, 1.54) is 131 Å². The quantitative estimate of drug-likeness (QED) is 0.139. The Morgan fingerprint density at radius 2 is 0.651 bits per heavy atom. The summed E-state index contributed by atoms with van der Waals surface area (Å²) < 4.78 is 8.85. The van der Waals surface area contributed by atoms with Crippen molar-refractivity contribution in [3.8, 4) is 72.4 Å². The van der Waals surface area contributed by atoms with Gasteiger partial charge in [-0.05, 0) is 164 Å². The first kappa shape index (κ1) is 47.2. The van der Waals surface area contributed by atoms with Gasteiger partial charge in [0.25, 0.3) is 0 Å². The first-order chi connectivity index (χ1) is 41.1. The van der Waals surface area contributed by atoms with E-state index in [-0.39, 0.29) is 0 Å². The average molecular weight is 1070 g/mol. The van der Waals surface area contributed by atoms with Gasteiger partial charge in [0.05, 0.1) is 11.0 Å². The number of benzene rings is 14. The lowest BCUT2D eigenvalue weighted by Gasteiger charge is -2.32. The largest absolute Gasteiger partial charge is 0.456 e. The first-order valence-corrected chi connectivity index (χ1v) is 30.7. The van der Waals surface area contributed by atoms with E-state index < -0.39 is 8.07 Å². The summed E-state index contributed by atoms with van der Waals surface area (Å²) in [7, 11) is -2.98. The monoisotopic (exact) mass is 1070 g/mol. The lowest BCUT2D eigenvalue weighted by atomic mass is 9.95. The maximum absolute atomic E-state index is 6.32. The van der Waals surface area contributed by atoms with Crippen molar-refractivity contribution < 1.29 is 4.42 Å². The fourth-order valence-corrected chi connectivity index (χ4v) is 19.2. The van der Waals surface area contributed by atoms with E-state index in [0.29, 0.717) is 0 Å². The van der Waals surface area contributed by atoms with Gasteiger partial charge in [0, 0.05) is 27.2 Å². The highest BCUT2D eigenvalue weighted by Crippen LogP contribution is 2.41. The molecule has 0 radical (unpaired) electrons. The lowest BCUT2D eigenvalue weighted by molar-refractivity contribution is 0.669. The molecule has 0 saturated carbocycles. The number of rotatable bonds is 8. The number of para-hydroxylation sites is 1. The molecule has 0 saturated heterocycles. The highest BCUT2D eigenvalue weighted by Gasteiger charge is 2.49. The van der Waals surface area contributed by atoms with Crippen molar-refractivity contribution in [2.45, 2.75) is 0 Å². The molecule has 386 valence electrons. The Bertz CT molecular complexity index is 5020. The van der Waals surface area contributed by atoms with Crippen LogP contribution in [0.15, 0.2) is 314 Å². The normalized spacial score (nSPS) is 12.7. The molecule has 3 heterocycles. The number of aromatic nitrogens is 1. The summed E-state index contributed by atoms with van der Waals surface area (Å²) in [5.41, 5.74) is 20.0. The molecule has 17 rings (SSSR count). The van der Waals surface area contributed by atoms with Crippen molar-refractivity contribution in [2.24, 2.45) is 0 Å². The minimum atomic E-state index is -2.98. The summed E-state index contributed by atoms with van der Waals surface area (Å²) >= 11 is 0. The second-order valence-corrected chi connectivity index (χ2v) is 26.0. The van der Waals surface area contributed by atoms with Crippen LogP contribution in [0.1, 0.15) is 0 Å². The predicted molar refractivity (Wildman–Crippen MR) is 353 cm³/mol. The molecule has 0 fully saturated rings. The number of hydrogen-bond acceptors (Lipinski definition) is 1. The SMILES string of the molecule is c1ccc([Si]2(c3ccccc3)c3cc(-c4ccc5oc6ccccc6c5c4)ccc3-c3ccc(-n4c5ccc(-c6ccc(-c7cccc8ccccc78)cc6)cc5c5cc(-c6ccc(-c7cccc8ccccc78)cc6)ccc54)cc32)cc1. The fourth-order valence-electron chi connectivity index (χ4n) is 14.0. The summed E-state index contributed by atoms with van der Waals surface area (Å²) in [6.07, 6.45) is 0. The third kappa shape index (κ3) is 7.42. The van der Waals surface area contributed by atoms with Crippen LogP contribution >= 0.6 is 0 Å². The minimum absolute atomic E-state index is 0.906. The van der Waals surface area contributed by atoms with Gasteiger partial charge in [-0.1, -0.05) is 255 Å². The number of fused-ring (bicyclic) bond motifs is 11. The topological polar surface area (TPSA) is 18.1 Å². The van der Waals surface area contributed by atoms with Gasteiger partial charge in [0.2, 0.25) is 0 Å². The van der Waals surface area contributed by atoms with E-state index in [0.717, 1.165) is 27.6 Å². The molecule has 2 nitrogen and oxygen atoms in total. The van der Waals surface area contributed by atoms with Crippen LogP contribution in [0.2, 0.25) is 0 Å². The molecule has 16 aromatic rings. The van der Waals surface area contributed by atoms with Crippen LogP contribution in [0.25, 0.3) is 138 Å². The molecule has 0 unspecified atom stereocenters. The molecule has 0 amide bonds. The number of furan rings is 1. The Morgan fingerprint density at radius 3 is 1.24 bits per heavy atom. The van der Waals surface area contributed by atoms with Gasteiger partial charge in [-0.3, -0.25) is 0 Å². The van der Waals surface area contributed by atoms with Gasteiger partial charge in [-0.15, -0.1) is 0 Å². The van der Waals surface area contributed by atoms with Crippen molar-refractivity contribution in [3.05, 3.63) is 309 Å². The molecular formula is C80H51NOSi. The lowest BCUT2D eigenvalue weighted by Crippen LogP contribution is -2.72. The zero-order chi connectivity index (χ0) is 54.6. The molecule has 14 aromatic carbocycles. The third-order valence-electron chi connectivity index (χ3n) is 17.9. The van der Waals surface area contributed by atoms with E-state index in [4.69, 9.17) is 4.42 Å². The van der Waals surface area contributed by atoms with Gasteiger partial charge in [0.1, 0.15) is 11.2 Å². The smallest absolute Gasteiger partial charge is 0.180 e. The molecule has 83 heavy (non-hydrogen) atoms. The second-order valence-electron chi connectivity index (χ2n) is 22.3. The van der Waals surface area contributed by atoms with Gasteiger partial charge < -0.3 is 8.98 Å². The highest BCUT2D eigenvalue weighted by molar-refractivity contribution is 7.22. The number of nitrogens with zero attached hydrogens (tertiary/aromatic N) is 1. The summed E-state index contributed by atoms with van der Waals surface area (Å²) in [5, 5.41) is 15.3. The molecule has 1 aliphatic rings. The Kier molecular flexibility index (Phi) is 10.7. The van der Waals surface area contributed by atoms with E-state index in [9.17, 15) is 0 Å². The van der Waals surface area contributed by atoms with Crippen LogP contribution in [0.4, 0.5) is 0 Å². The first-order valence-electron chi connectivity index (χ1n) is 28.7. The van der Waals surface area contributed by atoms with Gasteiger partial charge >= 0.3 is 0 Å². The molecular weight excluding hydrogens is 1020 g/mol. The summed E-state index contributed by atoms with van der Waals surface area (Å²) in [4.78, 5) is 0. The van der Waals surface area contributed by atoms with Gasteiger partial charge in [-0.25, -0.2) is 0 Å². The van der Waals surface area contributed by atoms with Crippen LogP contribution in [-0.4, -0.2) is 12.6 Å². The molecule has 2 aromatic heterocycles.